The lowest BCUT2D eigenvalue weighted by Crippen LogP contribution is -2.60. The SMILES string of the molecule is COC(=O)C1=C(C)NC(C)C(C(=O)OC)(c2ccccc2)C1c1nccs1.FC(F)(F)c1ccc2cc1-2. The van der Waals surface area contributed by atoms with Crippen LogP contribution in [-0.4, -0.2) is 37.2 Å². The summed E-state index contributed by atoms with van der Waals surface area (Å²) in [5.41, 5.74) is 1.25. The van der Waals surface area contributed by atoms with Gasteiger partial charge < -0.3 is 14.8 Å². The number of halogens is 3. The molecule has 0 spiro atoms. The fraction of sp³-hybridized carbons (Fsp3) is 0.296. The van der Waals surface area contributed by atoms with Crippen LogP contribution in [-0.2, 0) is 30.7 Å². The van der Waals surface area contributed by atoms with Gasteiger partial charge in [-0.25, -0.2) is 9.78 Å². The monoisotopic (exact) mass is 530 g/mol. The van der Waals surface area contributed by atoms with E-state index in [4.69, 9.17) is 9.47 Å². The Balaban J connectivity index is 0.000000265. The summed E-state index contributed by atoms with van der Waals surface area (Å²) in [7, 11) is 2.70. The van der Waals surface area contributed by atoms with Crippen molar-refractivity contribution in [1.29, 1.82) is 0 Å². The molecule has 0 amide bonds. The van der Waals surface area contributed by atoms with Crippen LogP contribution in [0, 0.1) is 0 Å². The summed E-state index contributed by atoms with van der Waals surface area (Å²) >= 11 is 1.40. The van der Waals surface area contributed by atoms with Crippen LogP contribution >= 0.6 is 11.3 Å². The molecule has 0 saturated carbocycles. The molecule has 10 heteroatoms. The Morgan fingerprint density at radius 3 is 2.24 bits per heavy atom. The molecule has 0 bridgehead atoms. The number of nitrogens with zero attached hydrogens (tertiary/aromatic N) is 1. The number of hydrogen-bond acceptors (Lipinski definition) is 7. The molecular weight excluding hydrogens is 505 g/mol. The molecule has 5 rings (SSSR count). The van der Waals surface area contributed by atoms with E-state index in [9.17, 15) is 22.8 Å². The fourth-order valence-corrected chi connectivity index (χ4v) is 5.82. The zero-order chi connectivity index (χ0) is 27.0. The second-order valence-electron chi connectivity index (χ2n) is 8.68. The highest BCUT2D eigenvalue weighted by Gasteiger charge is 2.59. The van der Waals surface area contributed by atoms with Crippen LogP contribution in [0.25, 0.3) is 11.1 Å². The van der Waals surface area contributed by atoms with E-state index in [1.165, 1.54) is 37.7 Å². The van der Waals surface area contributed by atoms with Crippen LogP contribution in [0.2, 0.25) is 0 Å². The number of esters is 2. The van der Waals surface area contributed by atoms with Crippen molar-refractivity contribution in [2.75, 3.05) is 14.2 Å². The van der Waals surface area contributed by atoms with Crippen LogP contribution in [0.4, 0.5) is 13.2 Å². The van der Waals surface area contributed by atoms with Crippen molar-refractivity contribution in [3.63, 3.8) is 0 Å². The molecule has 3 aliphatic rings. The van der Waals surface area contributed by atoms with Gasteiger partial charge in [-0.1, -0.05) is 36.4 Å². The molecular formula is C27H25F3N2O4S. The molecule has 6 nitrogen and oxygen atoms in total. The van der Waals surface area contributed by atoms with Gasteiger partial charge in [0.15, 0.2) is 0 Å². The first-order chi connectivity index (χ1) is 17.6. The number of thiazole rings is 1. The maximum atomic E-state index is 13.3. The smallest absolute Gasteiger partial charge is 0.417 e. The third-order valence-electron chi connectivity index (χ3n) is 6.69. The van der Waals surface area contributed by atoms with Crippen LogP contribution in [0.3, 0.4) is 0 Å². The van der Waals surface area contributed by atoms with Crippen LogP contribution < -0.4 is 5.32 Å². The van der Waals surface area contributed by atoms with E-state index in [1.54, 1.807) is 6.20 Å². The normalized spacial score (nSPS) is 21.8. The van der Waals surface area contributed by atoms with Crippen LogP contribution in [0.5, 0.6) is 0 Å². The van der Waals surface area contributed by atoms with Crippen molar-refractivity contribution in [3.05, 3.63) is 87.5 Å². The molecule has 0 saturated heterocycles. The fourth-order valence-electron chi connectivity index (χ4n) is 5.00. The van der Waals surface area contributed by atoms with Gasteiger partial charge in [-0.2, -0.15) is 13.2 Å². The molecule has 37 heavy (non-hydrogen) atoms. The molecule has 1 aliphatic heterocycles. The second kappa shape index (κ2) is 10.0. The lowest BCUT2D eigenvalue weighted by atomic mass is 9.61. The molecule has 1 N–H and O–H groups in total. The Labute approximate surface area is 216 Å². The van der Waals surface area contributed by atoms with Gasteiger partial charge in [-0.3, -0.25) is 4.79 Å². The maximum Gasteiger partial charge on any atom is 0.417 e. The van der Waals surface area contributed by atoms with E-state index in [2.05, 4.69) is 10.3 Å². The quantitative estimate of drug-likeness (QED) is 0.353. The minimum Gasteiger partial charge on any atom is -0.468 e. The summed E-state index contributed by atoms with van der Waals surface area (Å²) in [5, 5.41) is 5.79. The van der Waals surface area contributed by atoms with Crippen molar-refractivity contribution in [1.82, 2.24) is 10.3 Å². The second-order valence-corrected chi connectivity index (χ2v) is 9.61. The first kappa shape index (κ1) is 26.4. The van der Waals surface area contributed by atoms with E-state index in [1.807, 2.05) is 49.6 Å². The van der Waals surface area contributed by atoms with Gasteiger partial charge in [0, 0.05) is 23.3 Å². The maximum absolute atomic E-state index is 13.3. The van der Waals surface area contributed by atoms with Gasteiger partial charge in [-0.05, 0) is 42.7 Å². The van der Waals surface area contributed by atoms with Gasteiger partial charge in [0.1, 0.15) is 10.4 Å². The highest BCUT2D eigenvalue weighted by Crippen LogP contribution is 2.51. The average molecular weight is 531 g/mol. The van der Waals surface area contributed by atoms with E-state index in [0.717, 1.165) is 17.2 Å². The number of carbonyl (C=O) groups is 2. The number of alkyl halides is 3. The van der Waals surface area contributed by atoms with Crippen molar-refractivity contribution >= 4 is 23.3 Å². The number of hydrogen-bond donors (Lipinski definition) is 1. The van der Waals surface area contributed by atoms with E-state index in [-0.39, 0.29) is 6.04 Å². The molecule has 1 aromatic heterocycles. The number of aromatic nitrogens is 1. The Morgan fingerprint density at radius 2 is 1.78 bits per heavy atom. The Kier molecular flexibility index (Phi) is 7.14. The third kappa shape index (κ3) is 4.61. The van der Waals surface area contributed by atoms with Crippen molar-refractivity contribution in [2.24, 2.45) is 0 Å². The summed E-state index contributed by atoms with van der Waals surface area (Å²) < 4.78 is 46.0. The summed E-state index contributed by atoms with van der Waals surface area (Å²) in [4.78, 5) is 30.5. The first-order valence-electron chi connectivity index (χ1n) is 11.4. The zero-order valence-electron chi connectivity index (χ0n) is 20.6. The number of nitrogens with one attached hydrogen (secondary N) is 1. The number of allylic oxidation sites excluding steroid dienone is 1. The van der Waals surface area contributed by atoms with Crippen LogP contribution in [0.1, 0.15) is 35.9 Å². The van der Waals surface area contributed by atoms with Gasteiger partial charge in [0.2, 0.25) is 0 Å². The largest absolute Gasteiger partial charge is 0.468 e. The van der Waals surface area contributed by atoms with Crippen molar-refractivity contribution < 1.29 is 32.2 Å². The lowest BCUT2D eigenvalue weighted by Gasteiger charge is -2.47. The number of fused-ring (bicyclic) bond motifs is 1. The third-order valence-corrected chi connectivity index (χ3v) is 7.54. The summed E-state index contributed by atoms with van der Waals surface area (Å²) in [6.07, 6.45) is -2.50. The minimum absolute atomic E-state index is 0.338. The lowest BCUT2D eigenvalue weighted by molar-refractivity contribution is -0.150. The molecule has 0 fully saturated rings. The number of rotatable bonds is 4. The minimum atomic E-state index is -4.17. The molecule has 3 atom stereocenters. The molecule has 194 valence electrons. The number of carbonyl (C=O) groups excluding carboxylic acids is 2. The van der Waals surface area contributed by atoms with Crippen molar-refractivity contribution in [3.8, 4) is 11.1 Å². The summed E-state index contributed by atoms with van der Waals surface area (Å²) in [6, 6.07) is 13.2. The summed E-state index contributed by atoms with van der Waals surface area (Å²) in [5.74, 6) is -1.55. The van der Waals surface area contributed by atoms with Crippen molar-refractivity contribution in [2.45, 2.75) is 37.4 Å². The Hall–Kier alpha value is -3.66. The topological polar surface area (TPSA) is 77.5 Å². The highest BCUT2D eigenvalue weighted by atomic mass is 32.1. The number of benzene rings is 2. The van der Waals surface area contributed by atoms with Crippen LogP contribution in [0.15, 0.2) is 71.4 Å². The number of ether oxygens (including phenoxy) is 2. The average Bonchev–Trinajstić information content (AvgIpc) is 3.24. The van der Waals surface area contributed by atoms with E-state index >= 15 is 0 Å². The molecule has 2 aromatic rings. The van der Waals surface area contributed by atoms with Gasteiger partial charge >= 0.3 is 18.1 Å². The van der Waals surface area contributed by atoms with E-state index < -0.39 is 35.0 Å². The van der Waals surface area contributed by atoms with Gasteiger partial charge in [0.25, 0.3) is 0 Å². The zero-order valence-corrected chi connectivity index (χ0v) is 21.4. The standard InChI is InChI=1S/C20H22N2O4S.C7H3F3/c1-12-15(18(23)25-3)16(17-21-10-11-27-17)20(13(2)22-12,19(24)26-4)14-8-6-5-7-9-14;8-7(9,10)6-2-1-4-3-5(4)6/h5-11,13,16,22H,1-4H3;1-3H. The first-order valence-corrected chi connectivity index (χ1v) is 12.3. The Bertz CT molecular complexity index is 1340. The van der Waals surface area contributed by atoms with Gasteiger partial charge in [0.05, 0.1) is 31.3 Å². The molecule has 0 radical (unpaired) electrons. The van der Waals surface area contributed by atoms with E-state index in [0.29, 0.717) is 21.8 Å². The molecule has 1 aromatic carbocycles. The highest BCUT2D eigenvalue weighted by molar-refractivity contribution is 7.09. The predicted molar refractivity (Wildman–Crippen MR) is 133 cm³/mol. The summed E-state index contributed by atoms with van der Waals surface area (Å²) in [6.45, 7) is 3.73. The van der Waals surface area contributed by atoms with Gasteiger partial charge in [-0.15, -0.1) is 11.3 Å². The predicted octanol–water partition coefficient (Wildman–Crippen LogP) is 5.46. The molecule has 3 unspecified atom stereocenters. The molecule has 2 aliphatic carbocycles. The molecule has 2 heterocycles. The Morgan fingerprint density at radius 1 is 1.08 bits per heavy atom. The number of methoxy groups -OCH3 is 2.